The Balaban J connectivity index is 2.00. The van der Waals surface area contributed by atoms with Gasteiger partial charge in [0.2, 0.25) is 0 Å². The van der Waals surface area contributed by atoms with Crippen LogP contribution >= 0.6 is 23.1 Å². The number of fused-ring (bicyclic) bond motifs is 1. The summed E-state index contributed by atoms with van der Waals surface area (Å²) in [6.45, 7) is 1.39. The minimum absolute atomic E-state index is 0.0596. The second-order valence-corrected chi connectivity index (χ2v) is 6.57. The molecule has 0 unspecified atom stereocenters. The van der Waals surface area contributed by atoms with Crippen LogP contribution in [0.3, 0.4) is 0 Å². The Kier molecular flexibility index (Phi) is 3.48. The maximum Gasteiger partial charge on any atom is 0.294 e. The molecule has 0 saturated heterocycles. The number of thiophene rings is 1. The van der Waals surface area contributed by atoms with Crippen molar-refractivity contribution in [3.63, 3.8) is 0 Å². The smallest absolute Gasteiger partial charge is 0.294 e. The SMILES string of the molecule is CC(=O)c1cc([N+](=O)[O-])c(Sc2nc3ccccc3[nH]2)s1. The fraction of sp³-hybridized carbons (Fsp3) is 0.0769. The van der Waals surface area contributed by atoms with Crippen molar-refractivity contribution in [1.29, 1.82) is 0 Å². The monoisotopic (exact) mass is 319 g/mol. The molecule has 0 atom stereocenters. The summed E-state index contributed by atoms with van der Waals surface area (Å²) in [6, 6.07) is 8.82. The van der Waals surface area contributed by atoms with Gasteiger partial charge in [-0.05, 0) is 30.8 Å². The lowest BCUT2D eigenvalue weighted by molar-refractivity contribution is -0.387. The van der Waals surface area contributed by atoms with Gasteiger partial charge < -0.3 is 4.98 Å². The maximum atomic E-state index is 11.4. The number of hydrogen-bond donors (Lipinski definition) is 1. The molecule has 0 aliphatic heterocycles. The zero-order chi connectivity index (χ0) is 15.0. The van der Waals surface area contributed by atoms with Gasteiger partial charge in [-0.1, -0.05) is 12.1 Å². The highest BCUT2D eigenvalue weighted by molar-refractivity contribution is 8.01. The molecule has 0 aliphatic carbocycles. The summed E-state index contributed by atoms with van der Waals surface area (Å²) in [5, 5.41) is 11.6. The molecule has 3 aromatic rings. The highest BCUT2D eigenvalue weighted by Crippen LogP contribution is 2.40. The molecule has 0 bridgehead atoms. The van der Waals surface area contributed by atoms with E-state index >= 15 is 0 Å². The summed E-state index contributed by atoms with van der Waals surface area (Å²) in [5.74, 6) is -0.181. The average molecular weight is 319 g/mol. The van der Waals surface area contributed by atoms with Crippen molar-refractivity contribution in [2.24, 2.45) is 0 Å². The van der Waals surface area contributed by atoms with E-state index in [2.05, 4.69) is 9.97 Å². The maximum absolute atomic E-state index is 11.4. The predicted octanol–water partition coefficient (Wildman–Crippen LogP) is 3.89. The van der Waals surface area contributed by atoms with Crippen LogP contribution in [0, 0.1) is 10.1 Å². The van der Waals surface area contributed by atoms with Crippen molar-refractivity contribution in [1.82, 2.24) is 9.97 Å². The second-order valence-electron chi connectivity index (χ2n) is 4.26. The summed E-state index contributed by atoms with van der Waals surface area (Å²) in [4.78, 5) is 29.8. The van der Waals surface area contributed by atoms with Gasteiger partial charge in [-0.2, -0.15) is 0 Å². The van der Waals surface area contributed by atoms with Crippen molar-refractivity contribution in [3.05, 3.63) is 45.3 Å². The number of rotatable bonds is 4. The van der Waals surface area contributed by atoms with Crippen molar-refractivity contribution in [2.45, 2.75) is 16.3 Å². The van der Waals surface area contributed by atoms with Crippen LogP contribution in [0.5, 0.6) is 0 Å². The van der Waals surface area contributed by atoms with Crippen LogP contribution in [0.4, 0.5) is 5.69 Å². The molecule has 2 aromatic heterocycles. The summed E-state index contributed by atoms with van der Waals surface area (Å²) in [5.41, 5.74) is 1.60. The lowest BCUT2D eigenvalue weighted by Gasteiger charge is -1.93. The number of nitrogens with one attached hydrogen (secondary N) is 1. The first-order chi connectivity index (χ1) is 10.0. The molecule has 0 fully saturated rings. The molecule has 21 heavy (non-hydrogen) atoms. The molecule has 106 valence electrons. The van der Waals surface area contributed by atoms with Crippen LogP contribution in [0.25, 0.3) is 11.0 Å². The molecule has 0 aliphatic rings. The van der Waals surface area contributed by atoms with Gasteiger partial charge in [0.15, 0.2) is 10.9 Å². The van der Waals surface area contributed by atoms with E-state index in [1.165, 1.54) is 13.0 Å². The van der Waals surface area contributed by atoms with E-state index in [4.69, 9.17) is 0 Å². The van der Waals surface area contributed by atoms with Crippen LogP contribution in [0.15, 0.2) is 39.7 Å². The third-order valence-corrected chi connectivity index (χ3v) is 5.08. The zero-order valence-corrected chi connectivity index (χ0v) is 12.5. The van der Waals surface area contributed by atoms with Gasteiger partial charge in [0.05, 0.1) is 20.8 Å². The first-order valence-electron chi connectivity index (χ1n) is 5.96. The van der Waals surface area contributed by atoms with Crippen LogP contribution in [0.2, 0.25) is 0 Å². The summed E-state index contributed by atoms with van der Waals surface area (Å²) in [6.07, 6.45) is 0. The number of aromatic amines is 1. The Bertz CT molecular complexity index is 820. The second kappa shape index (κ2) is 5.30. The summed E-state index contributed by atoms with van der Waals surface area (Å²) < 4.78 is 0.448. The fourth-order valence-corrected chi connectivity index (χ4v) is 3.95. The van der Waals surface area contributed by atoms with E-state index in [1.54, 1.807) is 0 Å². The van der Waals surface area contributed by atoms with Crippen molar-refractivity contribution in [3.8, 4) is 0 Å². The molecule has 0 amide bonds. The first-order valence-corrected chi connectivity index (χ1v) is 7.59. The van der Waals surface area contributed by atoms with Gasteiger partial charge in [0.1, 0.15) is 4.21 Å². The van der Waals surface area contributed by atoms with Gasteiger partial charge in [-0.3, -0.25) is 14.9 Å². The highest BCUT2D eigenvalue weighted by atomic mass is 32.2. The highest BCUT2D eigenvalue weighted by Gasteiger charge is 2.22. The number of hydrogen-bond acceptors (Lipinski definition) is 6. The van der Waals surface area contributed by atoms with E-state index in [1.807, 2.05) is 24.3 Å². The van der Waals surface area contributed by atoms with E-state index in [0.29, 0.717) is 14.2 Å². The third-order valence-electron chi connectivity index (χ3n) is 2.78. The molecule has 8 heteroatoms. The van der Waals surface area contributed by atoms with Crippen LogP contribution < -0.4 is 0 Å². The Morgan fingerprint density at radius 1 is 1.43 bits per heavy atom. The Morgan fingerprint density at radius 2 is 2.19 bits per heavy atom. The number of nitrogens with zero attached hydrogens (tertiary/aromatic N) is 2. The largest absolute Gasteiger partial charge is 0.333 e. The van der Waals surface area contributed by atoms with E-state index in [-0.39, 0.29) is 11.5 Å². The normalized spacial score (nSPS) is 10.9. The molecule has 0 radical (unpaired) electrons. The molecule has 2 heterocycles. The van der Waals surface area contributed by atoms with Gasteiger partial charge >= 0.3 is 0 Å². The Labute approximate surface area is 127 Å². The molecular weight excluding hydrogens is 310 g/mol. The molecule has 0 saturated carbocycles. The lowest BCUT2D eigenvalue weighted by Crippen LogP contribution is -1.88. The molecule has 1 aromatic carbocycles. The first kappa shape index (κ1) is 13.8. The number of H-pyrrole nitrogens is 1. The molecule has 0 spiro atoms. The predicted molar refractivity (Wildman–Crippen MR) is 81.2 cm³/mol. The summed E-state index contributed by atoms with van der Waals surface area (Å²) >= 11 is 2.28. The van der Waals surface area contributed by atoms with Crippen LogP contribution in [-0.4, -0.2) is 20.7 Å². The topological polar surface area (TPSA) is 88.9 Å². The molecule has 1 N–H and O–H groups in total. The van der Waals surface area contributed by atoms with Crippen molar-refractivity contribution in [2.75, 3.05) is 0 Å². The number of Topliss-reactive ketones (excluding diaryl/α,β-unsaturated/α-hetero) is 1. The minimum atomic E-state index is -0.478. The van der Waals surface area contributed by atoms with E-state index in [0.717, 1.165) is 34.1 Å². The number of nitro groups is 1. The number of aromatic nitrogens is 2. The Hall–Kier alpha value is -2.19. The average Bonchev–Trinajstić information content (AvgIpc) is 3.02. The number of ketones is 1. The van der Waals surface area contributed by atoms with Gasteiger partial charge in [0, 0.05) is 6.07 Å². The molecule has 3 rings (SSSR count). The quantitative estimate of drug-likeness (QED) is 0.448. The van der Waals surface area contributed by atoms with E-state index in [9.17, 15) is 14.9 Å². The van der Waals surface area contributed by atoms with Gasteiger partial charge in [-0.25, -0.2) is 4.98 Å². The van der Waals surface area contributed by atoms with Gasteiger partial charge in [0.25, 0.3) is 5.69 Å². The number of carbonyl (C=O) groups is 1. The fourth-order valence-electron chi connectivity index (χ4n) is 1.80. The van der Waals surface area contributed by atoms with E-state index < -0.39 is 4.92 Å². The Morgan fingerprint density at radius 3 is 2.86 bits per heavy atom. The van der Waals surface area contributed by atoms with Crippen molar-refractivity contribution >= 4 is 45.6 Å². The van der Waals surface area contributed by atoms with Crippen molar-refractivity contribution < 1.29 is 9.72 Å². The number of imidazole rings is 1. The van der Waals surface area contributed by atoms with Crippen LogP contribution in [0.1, 0.15) is 16.6 Å². The number of carbonyl (C=O) groups excluding carboxylic acids is 1. The molecule has 6 nitrogen and oxygen atoms in total. The van der Waals surface area contributed by atoms with Gasteiger partial charge in [-0.15, -0.1) is 11.3 Å². The number of benzene rings is 1. The standard InChI is InChI=1S/C13H9N3O3S2/c1-7(17)11-6-10(16(18)19)12(20-11)21-13-14-8-4-2-3-5-9(8)15-13/h2-6H,1H3,(H,14,15). The van der Waals surface area contributed by atoms with Crippen LogP contribution in [-0.2, 0) is 0 Å². The molecular formula is C13H9N3O3S2. The number of para-hydroxylation sites is 2. The summed E-state index contributed by atoms with van der Waals surface area (Å²) in [7, 11) is 0. The minimum Gasteiger partial charge on any atom is -0.333 e. The lowest BCUT2D eigenvalue weighted by atomic mass is 10.3. The third kappa shape index (κ3) is 2.67. The zero-order valence-electron chi connectivity index (χ0n) is 10.8.